The van der Waals surface area contributed by atoms with Gasteiger partial charge >= 0.3 is 0 Å². The highest BCUT2D eigenvalue weighted by Crippen LogP contribution is 2.22. The molecule has 0 radical (unpaired) electrons. The highest BCUT2D eigenvalue weighted by Gasteiger charge is 2.27. The summed E-state index contributed by atoms with van der Waals surface area (Å²) in [6.07, 6.45) is 0. The number of aryl methyl sites for hydroxylation is 1. The van der Waals surface area contributed by atoms with Crippen LogP contribution < -0.4 is 5.73 Å². The van der Waals surface area contributed by atoms with Gasteiger partial charge < -0.3 is 5.73 Å². The summed E-state index contributed by atoms with van der Waals surface area (Å²) in [6.45, 7) is 3.73. The zero-order chi connectivity index (χ0) is 13.2. The van der Waals surface area contributed by atoms with Crippen molar-refractivity contribution in [2.75, 3.05) is 31.1 Å². The van der Waals surface area contributed by atoms with Crippen LogP contribution in [0.3, 0.4) is 0 Å². The lowest BCUT2D eigenvalue weighted by molar-refractivity contribution is 0.219. The van der Waals surface area contributed by atoms with Gasteiger partial charge in [0.2, 0.25) is 0 Å². The molecule has 2 rings (SSSR count). The summed E-state index contributed by atoms with van der Waals surface area (Å²) in [7, 11) is -2.83. The molecule has 1 aromatic rings. The summed E-state index contributed by atoms with van der Waals surface area (Å²) in [5, 5.41) is 0. The smallest absolute Gasteiger partial charge is 0.152 e. The summed E-state index contributed by atoms with van der Waals surface area (Å²) in [5.74, 6) is 0.491. The summed E-state index contributed by atoms with van der Waals surface area (Å²) in [5.41, 5.74) is 8.24. The third-order valence-corrected chi connectivity index (χ3v) is 5.11. The van der Waals surface area contributed by atoms with Crippen LogP contribution in [0.2, 0.25) is 0 Å². The van der Waals surface area contributed by atoms with Crippen molar-refractivity contribution in [2.24, 2.45) is 5.73 Å². The number of hydrogen-bond acceptors (Lipinski definition) is 4. The molecule has 18 heavy (non-hydrogen) atoms. The van der Waals surface area contributed by atoms with Gasteiger partial charge in [0.05, 0.1) is 11.5 Å². The van der Waals surface area contributed by atoms with Crippen LogP contribution in [0, 0.1) is 6.92 Å². The van der Waals surface area contributed by atoms with E-state index in [9.17, 15) is 8.42 Å². The molecule has 5 heteroatoms. The molecule has 0 bridgehead atoms. The van der Waals surface area contributed by atoms with E-state index in [2.05, 4.69) is 36.1 Å². The van der Waals surface area contributed by atoms with Gasteiger partial charge in [0, 0.05) is 25.7 Å². The number of hydrogen-bond donors (Lipinski definition) is 1. The first-order chi connectivity index (χ1) is 8.52. The first kappa shape index (κ1) is 13.5. The Morgan fingerprint density at radius 1 is 1.22 bits per heavy atom. The second kappa shape index (κ2) is 5.38. The van der Waals surface area contributed by atoms with Crippen LogP contribution in [0.4, 0.5) is 0 Å². The Balaban J connectivity index is 2.12. The average Bonchev–Trinajstić information content (AvgIpc) is 2.34. The van der Waals surface area contributed by atoms with E-state index in [0.29, 0.717) is 19.6 Å². The summed E-state index contributed by atoms with van der Waals surface area (Å²) >= 11 is 0. The van der Waals surface area contributed by atoms with Crippen LogP contribution >= 0.6 is 0 Å². The number of rotatable bonds is 3. The Kier molecular flexibility index (Phi) is 4.04. The molecule has 1 aliphatic rings. The maximum absolute atomic E-state index is 11.4. The van der Waals surface area contributed by atoms with Crippen molar-refractivity contribution < 1.29 is 8.42 Å². The van der Waals surface area contributed by atoms with Gasteiger partial charge in [-0.3, -0.25) is 4.90 Å². The van der Waals surface area contributed by atoms with Crippen molar-refractivity contribution in [3.05, 3.63) is 35.4 Å². The summed E-state index contributed by atoms with van der Waals surface area (Å²) in [6, 6.07) is 8.42. The SMILES string of the molecule is Cc1ccc(C(CN)N2CCS(=O)(=O)CC2)cc1. The van der Waals surface area contributed by atoms with E-state index in [1.807, 2.05) is 0 Å². The van der Waals surface area contributed by atoms with E-state index in [1.165, 1.54) is 11.1 Å². The highest BCUT2D eigenvalue weighted by molar-refractivity contribution is 7.91. The van der Waals surface area contributed by atoms with Gasteiger partial charge in [-0.2, -0.15) is 0 Å². The monoisotopic (exact) mass is 268 g/mol. The molecule has 1 atom stereocenters. The average molecular weight is 268 g/mol. The predicted molar refractivity (Wildman–Crippen MR) is 73.2 cm³/mol. The fraction of sp³-hybridized carbons (Fsp3) is 0.538. The standard InChI is InChI=1S/C13H20N2O2S/c1-11-2-4-12(5-3-11)13(10-14)15-6-8-18(16,17)9-7-15/h2-5,13H,6-10,14H2,1H3. The largest absolute Gasteiger partial charge is 0.329 e. The maximum Gasteiger partial charge on any atom is 0.152 e. The Morgan fingerprint density at radius 3 is 2.28 bits per heavy atom. The number of benzene rings is 1. The Labute approximate surface area is 109 Å². The molecule has 1 saturated heterocycles. The molecule has 1 fully saturated rings. The van der Waals surface area contributed by atoms with Crippen molar-refractivity contribution in [3.63, 3.8) is 0 Å². The van der Waals surface area contributed by atoms with E-state index in [0.717, 1.165) is 0 Å². The molecule has 100 valence electrons. The van der Waals surface area contributed by atoms with E-state index in [-0.39, 0.29) is 17.5 Å². The molecule has 1 unspecified atom stereocenters. The molecule has 2 N–H and O–H groups in total. The van der Waals surface area contributed by atoms with Gasteiger partial charge in [0.15, 0.2) is 9.84 Å². The fourth-order valence-corrected chi connectivity index (χ4v) is 3.55. The normalized spacial score (nSPS) is 21.7. The van der Waals surface area contributed by atoms with Crippen molar-refractivity contribution >= 4 is 9.84 Å². The van der Waals surface area contributed by atoms with Crippen LogP contribution in [0.5, 0.6) is 0 Å². The van der Waals surface area contributed by atoms with Crippen LogP contribution in [0.15, 0.2) is 24.3 Å². The predicted octanol–water partition coefficient (Wildman–Crippen LogP) is 0.725. The van der Waals surface area contributed by atoms with Gasteiger partial charge in [-0.05, 0) is 12.5 Å². The van der Waals surface area contributed by atoms with Crippen LogP contribution in [0.25, 0.3) is 0 Å². The number of nitrogens with zero attached hydrogens (tertiary/aromatic N) is 1. The molecule has 1 aromatic carbocycles. The molecule has 0 aromatic heterocycles. The topological polar surface area (TPSA) is 63.4 Å². The van der Waals surface area contributed by atoms with Crippen LogP contribution in [-0.4, -0.2) is 44.5 Å². The lowest BCUT2D eigenvalue weighted by Gasteiger charge is -2.34. The van der Waals surface area contributed by atoms with E-state index < -0.39 is 9.84 Å². The van der Waals surface area contributed by atoms with Crippen molar-refractivity contribution in [2.45, 2.75) is 13.0 Å². The van der Waals surface area contributed by atoms with Crippen molar-refractivity contribution in [1.29, 1.82) is 0 Å². The zero-order valence-corrected chi connectivity index (χ0v) is 11.5. The van der Waals surface area contributed by atoms with E-state index in [1.54, 1.807) is 0 Å². The van der Waals surface area contributed by atoms with Gasteiger partial charge in [-0.1, -0.05) is 29.8 Å². The molecular weight excluding hydrogens is 248 g/mol. The second-order valence-electron chi connectivity index (χ2n) is 4.85. The third kappa shape index (κ3) is 3.10. The number of sulfone groups is 1. The van der Waals surface area contributed by atoms with Crippen molar-refractivity contribution in [1.82, 2.24) is 4.90 Å². The van der Waals surface area contributed by atoms with Gasteiger partial charge in [0.1, 0.15) is 0 Å². The Hall–Kier alpha value is -0.910. The quantitative estimate of drug-likeness (QED) is 0.877. The van der Waals surface area contributed by atoms with E-state index >= 15 is 0 Å². The lowest BCUT2D eigenvalue weighted by Crippen LogP contribution is -2.44. The van der Waals surface area contributed by atoms with Crippen LogP contribution in [-0.2, 0) is 9.84 Å². The molecule has 4 nitrogen and oxygen atoms in total. The minimum absolute atomic E-state index is 0.126. The molecule has 1 aliphatic heterocycles. The van der Waals surface area contributed by atoms with Gasteiger partial charge in [-0.15, -0.1) is 0 Å². The molecule has 1 heterocycles. The minimum Gasteiger partial charge on any atom is -0.329 e. The lowest BCUT2D eigenvalue weighted by atomic mass is 10.0. The minimum atomic E-state index is -2.83. The first-order valence-corrected chi connectivity index (χ1v) is 8.05. The number of nitrogens with two attached hydrogens (primary N) is 1. The molecule has 0 aliphatic carbocycles. The Bertz CT molecular complexity index is 482. The Morgan fingerprint density at radius 2 is 1.78 bits per heavy atom. The fourth-order valence-electron chi connectivity index (χ4n) is 2.32. The van der Waals surface area contributed by atoms with Gasteiger partial charge in [0.25, 0.3) is 0 Å². The maximum atomic E-state index is 11.4. The third-order valence-electron chi connectivity index (χ3n) is 3.51. The molecular formula is C13H20N2O2S. The van der Waals surface area contributed by atoms with Crippen LogP contribution in [0.1, 0.15) is 17.2 Å². The van der Waals surface area contributed by atoms with Crippen molar-refractivity contribution in [3.8, 4) is 0 Å². The second-order valence-corrected chi connectivity index (χ2v) is 7.15. The molecule has 0 amide bonds. The zero-order valence-electron chi connectivity index (χ0n) is 10.7. The molecule has 0 spiro atoms. The highest BCUT2D eigenvalue weighted by atomic mass is 32.2. The first-order valence-electron chi connectivity index (χ1n) is 6.23. The molecule has 0 saturated carbocycles. The summed E-state index contributed by atoms with van der Waals surface area (Å²) in [4.78, 5) is 2.17. The van der Waals surface area contributed by atoms with Gasteiger partial charge in [-0.25, -0.2) is 8.42 Å². The summed E-state index contributed by atoms with van der Waals surface area (Å²) < 4.78 is 22.9. The van der Waals surface area contributed by atoms with E-state index in [4.69, 9.17) is 5.73 Å².